The second-order valence-electron chi connectivity index (χ2n) is 5.31. The minimum Gasteiger partial charge on any atom is -0.235 e. The number of benzene rings is 2. The van der Waals surface area contributed by atoms with Crippen molar-refractivity contribution in [3.63, 3.8) is 0 Å². The number of thiazole rings is 1. The molecule has 0 N–H and O–H groups in total. The number of hydrogen-bond acceptors (Lipinski definition) is 3. The Balaban J connectivity index is 1.90. The highest BCUT2D eigenvalue weighted by atomic mass is 32.1. The molecule has 0 atom stereocenters. The number of aryl methyl sites for hydroxylation is 1. The minimum atomic E-state index is -0.294. The first-order valence-electron chi connectivity index (χ1n) is 7.62. The average molecular weight is 334 g/mol. The Hall–Kier alpha value is -2.77. The Labute approximate surface area is 144 Å². The summed E-state index contributed by atoms with van der Waals surface area (Å²) in [4.78, 5) is 4.57. The molecule has 0 saturated carbocycles. The fourth-order valence-electron chi connectivity index (χ4n) is 2.31. The summed E-state index contributed by atoms with van der Waals surface area (Å²) in [6.07, 6.45) is 2.73. The van der Waals surface area contributed by atoms with Gasteiger partial charge in [0.25, 0.3) is 0 Å². The fraction of sp³-hybridized carbons (Fsp3) is 0.100. The molecular weight excluding hydrogens is 319 g/mol. The van der Waals surface area contributed by atoms with Crippen molar-refractivity contribution in [2.75, 3.05) is 0 Å². The van der Waals surface area contributed by atoms with E-state index in [0.29, 0.717) is 10.6 Å². The highest BCUT2D eigenvalue weighted by molar-refractivity contribution is 7.11. The maximum absolute atomic E-state index is 13.0. The molecule has 118 valence electrons. The van der Waals surface area contributed by atoms with Gasteiger partial charge < -0.3 is 0 Å². The second kappa shape index (κ2) is 7.20. The molecule has 0 saturated heterocycles. The van der Waals surface area contributed by atoms with Crippen LogP contribution in [0, 0.1) is 17.1 Å². The Morgan fingerprint density at radius 1 is 1.17 bits per heavy atom. The van der Waals surface area contributed by atoms with Gasteiger partial charge in [0.2, 0.25) is 0 Å². The van der Waals surface area contributed by atoms with Gasteiger partial charge in [-0.15, -0.1) is 11.3 Å². The van der Waals surface area contributed by atoms with Crippen molar-refractivity contribution < 1.29 is 4.39 Å². The fourth-order valence-corrected chi connectivity index (χ4v) is 3.10. The van der Waals surface area contributed by atoms with E-state index in [-0.39, 0.29) is 5.82 Å². The molecule has 0 bridgehead atoms. The number of nitrogens with zero attached hydrogens (tertiary/aromatic N) is 2. The molecule has 0 amide bonds. The van der Waals surface area contributed by atoms with Gasteiger partial charge in [-0.3, -0.25) is 0 Å². The van der Waals surface area contributed by atoms with Crippen LogP contribution in [0.25, 0.3) is 22.9 Å². The van der Waals surface area contributed by atoms with Crippen LogP contribution in [0.5, 0.6) is 0 Å². The van der Waals surface area contributed by atoms with E-state index < -0.39 is 0 Å². The van der Waals surface area contributed by atoms with Crippen molar-refractivity contribution in [1.29, 1.82) is 5.26 Å². The third kappa shape index (κ3) is 3.58. The van der Waals surface area contributed by atoms with E-state index in [1.807, 2.05) is 17.5 Å². The molecule has 0 aliphatic carbocycles. The van der Waals surface area contributed by atoms with Gasteiger partial charge in [-0.25, -0.2) is 9.37 Å². The highest BCUT2D eigenvalue weighted by Gasteiger charge is 2.09. The summed E-state index contributed by atoms with van der Waals surface area (Å²) in [5.41, 5.74) is 4.43. The van der Waals surface area contributed by atoms with Crippen LogP contribution in [0.15, 0.2) is 53.9 Å². The molecule has 1 aromatic heterocycles. The quantitative estimate of drug-likeness (QED) is 0.584. The van der Waals surface area contributed by atoms with Crippen molar-refractivity contribution in [2.24, 2.45) is 0 Å². The summed E-state index contributed by atoms with van der Waals surface area (Å²) in [7, 11) is 0. The summed E-state index contributed by atoms with van der Waals surface area (Å²) >= 11 is 1.43. The van der Waals surface area contributed by atoms with Crippen LogP contribution in [0.1, 0.15) is 23.1 Å². The lowest BCUT2D eigenvalue weighted by Crippen LogP contribution is -1.84. The summed E-state index contributed by atoms with van der Waals surface area (Å²) in [5.74, 6) is -0.294. The van der Waals surface area contributed by atoms with Crippen molar-refractivity contribution in [1.82, 2.24) is 4.98 Å². The summed E-state index contributed by atoms with van der Waals surface area (Å²) < 4.78 is 13.0. The van der Waals surface area contributed by atoms with E-state index >= 15 is 0 Å². The Kier molecular flexibility index (Phi) is 4.83. The first-order valence-corrected chi connectivity index (χ1v) is 8.50. The largest absolute Gasteiger partial charge is 0.235 e. The predicted octanol–water partition coefficient (Wildman–Crippen LogP) is 5.58. The maximum Gasteiger partial charge on any atom is 0.134 e. The molecule has 0 fully saturated rings. The second-order valence-corrected chi connectivity index (χ2v) is 6.17. The first kappa shape index (κ1) is 16.1. The molecule has 0 aliphatic heterocycles. The van der Waals surface area contributed by atoms with Crippen LogP contribution in [0.4, 0.5) is 4.39 Å². The van der Waals surface area contributed by atoms with Gasteiger partial charge in [0.05, 0.1) is 11.3 Å². The highest BCUT2D eigenvalue weighted by Crippen LogP contribution is 2.27. The van der Waals surface area contributed by atoms with E-state index in [9.17, 15) is 9.65 Å². The average Bonchev–Trinajstić information content (AvgIpc) is 3.11. The Morgan fingerprint density at radius 2 is 1.88 bits per heavy atom. The Morgan fingerprint density at radius 3 is 2.50 bits per heavy atom. The van der Waals surface area contributed by atoms with Crippen LogP contribution in [0.3, 0.4) is 0 Å². The standard InChI is InChI=1S/C20H15FN2S/c1-2-14-3-7-16(8-4-14)19-13-24-20(23-19)17(12-22)11-15-5-9-18(21)10-6-15/h3-11,13H,2H2,1H3/b17-11-. The molecule has 3 aromatic rings. The van der Waals surface area contributed by atoms with Crippen LogP contribution in [0.2, 0.25) is 0 Å². The molecule has 3 rings (SSSR count). The van der Waals surface area contributed by atoms with Gasteiger partial charge >= 0.3 is 0 Å². The zero-order chi connectivity index (χ0) is 16.9. The maximum atomic E-state index is 13.0. The lowest BCUT2D eigenvalue weighted by molar-refractivity contribution is 0.628. The molecule has 1 heterocycles. The molecule has 0 radical (unpaired) electrons. The molecule has 24 heavy (non-hydrogen) atoms. The Bertz CT molecular complexity index is 900. The topological polar surface area (TPSA) is 36.7 Å². The third-order valence-corrected chi connectivity index (χ3v) is 4.57. The molecule has 4 heteroatoms. The van der Waals surface area contributed by atoms with Gasteiger partial charge in [0.1, 0.15) is 16.9 Å². The molecule has 2 nitrogen and oxygen atoms in total. The van der Waals surface area contributed by atoms with Crippen molar-refractivity contribution in [3.8, 4) is 17.3 Å². The van der Waals surface area contributed by atoms with E-state index in [0.717, 1.165) is 23.2 Å². The third-order valence-electron chi connectivity index (χ3n) is 3.69. The van der Waals surface area contributed by atoms with E-state index in [1.54, 1.807) is 18.2 Å². The molecule has 2 aromatic carbocycles. The summed E-state index contributed by atoms with van der Waals surface area (Å²) in [6, 6.07) is 16.5. The van der Waals surface area contributed by atoms with Gasteiger partial charge in [0.15, 0.2) is 0 Å². The van der Waals surface area contributed by atoms with Gasteiger partial charge in [-0.1, -0.05) is 43.3 Å². The van der Waals surface area contributed by atoms with Gasteiger partial charge in [-0.05, 0) is 35.8 Å². The van der Waals surface area contributed by atoms with E-state index in [4.69, 9.17) is 0 Å². The van der Waals surface area contributed by atoms with Crippen LogP contribution >= 0.6 is 11.3 Å². The number of hydrogen-bond donors (Lipinski definition) is 0. The molecule has 0 unspecified atom stereocenters. The molecule has 0 spiro atoms. The van der Waals surface area contributed by atoms with Crippen molar-refractivity contribution in [3.05, 3.63) is 75.9 Å². The first-order chi connectivity index (χ1) is 11.7. The van der Waals surface area contributed by atoms with E-state index in [1.165, 1.54) is 29.0 Å². The van der Waals surface area contributed by atoms with Crippen LogP contribution in [-0.4, -0.2) is 4.98 Å². The zero-order valence-electron chi connectivity index (χ0n) is 13.2. The summed E-state index contributed by atoms with van der Waals surface area (Å²) in [6.45, 7) is 2.12. The SMILES string of the molecule is CCc1ccc(-c2csc(/C(C#N)=C\c3ccc(F)cc3)n2)cc1. The minimum absolute atomic E-state index is 0.294. The number of allylic oxidation sites excluding steroid dienone is 1. The number of halogens is 1. The number of nitriles is 1. The predicted molar refractivity (Wildman–Crippen MR) is 96.8 cm³/mol. The lowest BCUT2D eigenvalue weighted by atomic mass is 10.1. The number of aromatic nitrogens is 1. The van der Waals surface area contributed by atoms with Gasteiger partial charge in [0, 0.05) is 10.9 Å². The van der Waals surface area contributed by atoms with Crippen molar-refractivity contribution in [2.45, 2.75) is 13.3 Å². The lowest BCUT2D eigenvalue weighted by Gasteiger charge is -1.99. The molecular formula is C20H15FN2S. The van der Waals surface area contributed by atoms with Crippen LogP contribution < -0.4 is 0 Å². The van der Waals surface area contributed by atoms with E-state index in [2.05, 4.69) is 30.1 Å². The van der Waals surface area contributed by atoms with Crippen LogP contribution in [-0.2, 0) is 6.42 Å². The number of rotatable bonds is 4. The normalized spacial score (nSPS) is 11.3. The van der Waals surface area contributed by atoms with Crippen molar-refractivity contribution >= 4 is 23.0 Å². The van der Waals surface area contributed by atoms with Gasteiger partial charge in [-0.2, -0.15) is 5.26 Å². The molecule has 0 aliphatic rings. The summed E-state index contributed by atoms with van der Waals surface area (Å²) in [5, 5.41) is 12.0. The zero-order valence-corrected chi connectivity index (χ0v) is 14.0. The smallest absolute Gasteiger partial charge is 0.134 e. The monoisotopic (exact) mass is 334 g/mol.